The van der Waals surface area contributed by atoms with Crippen molar-refractivity contribution in [2.24, 2.45) is 0 Å². The summed E-state index contributed by atoms with van der Waals surface area (Å²) in [5.74, 6) is 0.126. The second-order valence-corrected chi connectivity index (χ2v) is 4.13. The standard InChI is InChI=1S/C12H16N2O/c1-7-5-8(2)10-9(6-7)14(4)12(15)11(10)13-3/h5-6,11,13H,1-4H3. The van der Waals surface area contributed by atoms with Crippen LogP contribution in [0.4, 0.5) is 5.69 Å². The van der Waals surface area contributed by atoms with Crippen LogP contribution in [0.15, 0.2) is 12.1 Å². The molecule has 1 atom stereocenters. The molecule has 1 aromatic carbocycles. The largest absolute Gasteiger partial charge is 0.313 e. The van der Waals surface area contributed by atoms with E-state index in [4.69, 9.17) is 0 Å². The van der Waals surface area contributed by atoms with Gasteiger partial charge in [0, 0.05) is 18.3 Å². The van der Waals surface area contributed by atoms with E-state index in [1.807, 2.05) is 14.1 Å². The van der Waals surface area contributed by atoms with Gasteiger partial charge in [0.15, 0.2) is 0 Å². The summed E-state index contributed by atoms with van der Waals surface area (Å²) in [4.78, 5) is 13.7. The normalized spacial score (nSPS) is 19.6. The summed E-state index contributed by atoms with van der Waals surface area (Å²) in [6.45, 7) is 4.11. The number of nitrogens with one attached hydrogen (secondary N) is 1. The number of anilines is 1. The second-order valence-electron chi connectivity index (χ2n) is 4.13. The van der Waals surface area contributed by atoms with E-state index in [-0.39, 0.29) is 11.9 Å². The third-order valence-electron chi connectivity index (χ3n) is 3.03. The molecule has 1 aliphatic heterocycles. The summed E-state index contributed by atoms with van der Waals surface area (Å²) in [6, 6.07) is 4.01. The maximum atomic E-state index is 11.9. The molecule has 0 aromatic heterocycles. The van der Waals surface area contributed by atoms with Gasteiger partial charge in [0.25, 0.3) is 0 Å². The van der Waals surface area contributed by atoms with Gasteiger partial charge >= 0.3 is 0 Å². The lowest BCUT2D eigenvalue weighted by atomic mass is 10.00. The Kier molecular flexibility index (Phi) is 2.27. The Balaban J connectivity index is 2.65. The predicted molar refractivity (Wildman–Crippen MR) is 61.1 cm³/mol. The van der Waals surface area contributed by atoms with Gasteiger partial charge in [-0.2, -0.15) is 0 Å². The molecule has 2 rings (SSSR count). The predicted octanol–water partition coefficient (Wildman–Crippen LogP) is 1.54. The van der Waals surface area contributed by atoms with Gasteiger partial charge < -0.3 is 10.2 Å². The minimum atomic E-state index is -0.175. The molecular weight excluding hydrogens is 188 g/mol. The number of carbonyl (C=O) groups is 1. The van der Waals surface area contributed by atoms with Gasteiger partial charge in [-0.15, -0.1) is 0 Å². The van der Waals surface area contributed by atoms with E-state index < -0.39 is 0 Å². The molecule has 1 heterocycles. The minimum Gasteiger partial charge on any atom is -0.313 e. The van der Waals surface area contributed by atoms with Crippen molar-refractivity contribution >= 4 is 11.6 Å². The smallest absolute Gasteiger partial charge is 0.248 e. The minimum absolute atomic E-state index is 0.126. The van der Waals surface area contributed by atoms with Crippen molar-refractivity contribution in [1.29, 1.82) is 0 Å². The van der Waals surface area contributed by atoms with Crippen LogP contribution in [0.25, 0.3) is 0 Å². The maximum absolute atomic E-state index is 11.9. The van der Waals surface area contributed by atoms with E-state index in [1.165, 1.54) is 11.1 Å². The van der Waals surface area contributed by atoms with Crippen LogP contribution in [0, 0.1) is 13.8 Å². The lowest BCUT2D eigenvalue weighted by molar-refractivity contribution is -0.119. The number of nitrogens with zero attached hydrogens (tertiary/aromatic N) is 1. The summed E-state index contributed by atoms with van der Waals surface area (Å²) in [5, 5.41) is 3.07. The highest BCUT2D eigenvalue weighted by Crippen LogP contribution is 2.37. The van der Waals surface area contributed by atoms with Crippen LogP contribution in [0.5, 0.6) is 0 Å². The van der Waals surface area contributed by atoms with E-state index in [9.17, 15) is 4.79 Å². The first-order valence-corrected chi connectivity index (χ1v) is 5.12. The number of likely N-dealkylation sites (N-methyl/N-ethyl adjacent to an activating group) is 2. The molecule has 80 valence electrons. The summed E-state index contributed by atoms with van der Waals surface area (Å²) >= 11 is 0. The van der Waals surface area contributed by atoms with Gasteiger partial charge in [0.1, 0.15) is 6.04 Å². The Labute approximate surface area is 90.1 Å². The quantitative estimate of drug-likeness (QED) is 0.752. The number of benzene rings is 1. The molecule has 0 fully saturated rings. The van der Waals surface area contributed by atoms with Gasteiger partial charge in [0.05, 0.1) is 0 Å². The molecule has 1 aromatic rings. The number of rotatable bonds is 1. The molecule has 1 unspecified atom stereocenters. The lowest BCUT2D eigenvalue weighted by Gasteiger charge is -2.11. The van der Waals surface area contributed by atoms with Crippen LogP contribution < -0.4 is 10.2 Å². The molecule has 1 aliphatic rings. The van der Waals surface area contributed by atoms with Crippen molar-refractivity contribution in [3.05, 3.63) is 28.8 Å². The Morgan fingerprint density at radius 3 is 2.60 bits per heavy atom. The van der Waals surface area contributed by atoms with Crippen LogP contribution in [-0.4, -0.2) is 20.0 Å². The van der Waals surface area contributed by atoms with Crippen LogP contribution in [0.2, 0.25) is 0 Å². The maximum Gasteiger partial charge on any atom is 0.248 e. The molecule has 0 aliphatic carbocycles. The van der Waals surface area contributed by atoms with Crippen LogP contribution in [0.1, 0.15) is 22.7 Å². The summed E-state index contributed by atoms with van der Waals surface area (Å²) in [5.41, 5.74) is 4.54. The first kappa shape index (κ1) is 10.2. The topological polar surface area (TPSA) is 32.3 Å². The number of carbonyl (C=O) groups excluding carboxylic acids is 1. The molecule has 0 saturated heterocycles. The average molecular weight is 204 g/mol. The Bertz CT molecular complexity index is 426. The van der Waals surface area contributed by atoms with E-state index >= 15 is 0 Å². The van der Waals surface area contributed by atoms with Crippen molar-refractivity contribution in [2.75, 3.05) is 19.0 Å². The van der Waals surface area contributed by atoms with Crippen molar-refractivity contribution in [1.82, 2.24) is 5.32 Å². The number of aryl methyl sites for hydroxylation is 2. The fourth-order valence-corrected chi connectivity index (χ4v) is 2.31. The van der Waals surface area contributed by atoms with E-state index in [2.05, 4.69) is 31.3 Å². The van der Waals surface area contributed by atoms with Crippen molar-refractivity contribution < 1.29 is 4.79 Å². The fraction of sp³-hybridized carbons (Fsp3) is 0.417. The molecule has 0 spiro atoms. The third-order valence-corrected chi connectivity index (χ3v) is 3.03. The fourth-order valence-electron chi connectivity index (χ4n) is 2.31. The molecule has 1 amide bonds. The van der Waals surface area contributed by atoms with Gasteiger partial charge in [-0.1, -0.05) is 6.07 Å². The molecule has 0 bridgehead atoms. The monoisotopic (exact) mass is 204 g/mol. The van der Waals surface area contributed by atoms with Crippen LogP contribution in [0.3, 0.4) is 0 Å². The highest BCUT2D eigenvalue weighted by atomic mass is 16.2. The first-order valence-electron chi connectivity index (χ1n) is 5.12. The van der Waals surface area contributed by atoms with Crippen molar-refractivity contribution in [2.45, 2.75) is 19.9 Å². The Morgan fingerprint density at radius 1 is 1.33 bits per heavy atom. The van der Waals surface area contributed by atoms with Gasteiger partial charge in [-0.25, -0.2) is 0 Å². The lowest BCUT2D eigenvalue weighted by Crippen LogP contribution is -2.30. The SMILES string of the molecule is CNC1C(=O)N(C)c2cc(C)cc(C)c21. The molecule has 3 nitrogen and oxygen atoms in total. The number of fused-ring (bicyclic) bond motifs is 1. The molecule has 15 heavy (non-hydrogen) atoms. The molecule has 0 radical (unpaired) electrons. The average Bonchev–Trinajstić information content (AvgIpc) is 2.42. The molecule has 3 heteroatoms. The summed E-state index contributed by atoms with van der Waals surface area (Å²) in [6.07, 6.45) is 0. The van der Waals surface area contributed by atoms with Crippen LogP contribution >= 0.6 is 0 Å². The molecular formula is C12H16N2O. The number of hydrogen-bond donors (Lipinski definition) is 1. The summed E-state index contributed by atoms with van der Waals surface area (Å²) < 4.78 is 0. The zero-order valence-corrected chi connectivity index (χ0v) is 9.59. The van der Waals surface area contributed by atoms with Crippen molar-refractivity contribution in [3.63, 3.8) is 0 Å². The van der Waals surface area contributed by atoms with E-state index in [1.54, 1.807) is 4.90 Å². The van der Waals surface area contributed by atoms with Gasteiger partial charge in [-0.05, 0) is 38.1 Å². The first-order chi connectivity index (χ1) is 7.06. The zero-order valence-electron chi connectivity index (χ0n) is 9.59. The third kappa shape index (κ3) is 1.35. The molecule has 0 saturated carbocycles. The highest BCUT2D eigenvalue weighted by molar-refractivity contribution is 6.04. The second kappa shape index (κ2) is 3.35. The zero-order chi connectivity index (χ0) is 11.2. The Morgan fingerprint density at radius 2 is 2.00 bits per heavy atom. The van der Waals surface area contributed by atoms with E-state index in [0.717, 1.165) is 11.3 Å². The Hall–Kier alpha value is -1.35. The molecule has 1 N–H and O–H groups in total. The number of amides is 1. The highest BCUT2D eigenvalue weighted by Gasteiger charge is 2.35. The van der Waals surface area contributed by atoms with Crippen LogP contribution in [-0.2, 0) is 4.79 Å². The van der Waals surface area contributed by atoms with Gasteiger partial charge in [-0.3, -0.25) is 4.79 Å². The van der Waals surface area contributed by atoms with E-state index in [0.29, 0.717) is 0 Å². The van der Waals surface area contributed by atoms with Gasteiger partial charge in [0.2, 0.25) is 5.91 Å². The van der Waals surface area contributed by atoms with Crippen molar-refractivity contribution in [3.8, 4) is 0 Å². The summed E-state index contributed by atoms with van der Waals surface area (Å²) in [7, 11) is 3.65. The number of hydrogen-bond acceptors (Lipinski definition) is 2.